The van der Waals surface area contributed by atoms with Crippen LogP contribution in [0.1, 0.15) is 169 Å². The highest BCUT2D eigenvalue weighted by Crippen LogP contribution is 2.45. The van der Waals surface area contributed by atoms with Crippen molar-refractivity contribution >= 4 is 47.6 Å². The summed E-state index contributed by atoms with van der Waals surface area (Å²) in [5, 5.41) is 18.7. The molecular formula is C58H76O13. The Kier molecular flexibility index (Phi) is 22.1. The van der Waals surface area contributed by atoms with Crippen molar-refractivity contribution in [3.8, 4) is 28.7 Å². The van der Waals surface area contributed by atoms with Gasteiger partial charge < -0.3 is 33.9 Å². The number of fused-ring (bicyclic) bond motifs is 1. The van der Waals surface area contributed by atoms with Crippen LogP contribution in [-0.2, 0) is 35.2 Å². The molecule has 3 aromatic rings. The zero-order valence-corrected chi connectivity index (χ0v) is 43.6. The van der Waals surface area contributed by atoms with Crippen molar-refractivity contribution in [2.75, 3.05) is 14.2 Å². The summed E-state index contributed by atoms with van der Waals surface area (Å²) in [6.45, 7) is 17.5. The van der Waals surface area contributed by atoms with Gasteiger partial charge in [-0.2, -0.15) is 0 Å². The second kappa shape index (κ2) is 27.4. The summed E-state index contributed by atoms with van der Waals surface area (Å²) >= 11 is 0. The molecule has 0 aromatic heterocycles. The van der Waals surface area contributed by atoms with Gasteiger partial charge in [0.25, 0.3) is 0 Å². The molecule has 1 unspecified atom stereocenters. The number of aliphatic carboxylic acids is 2. The van der Waals surface area contributed by atoms with Crippen LogP contribution in [0, 0.1) is 38.5 Å². The maximum Gasteiger partial charge on any atom is 0.311 e. The molecule has 0 radical (unpaired) electrons. The molecule has 0 bridgehead atoms. The number of benzene rings is 3. The third kappa shape index (κ3) is 17.8. The number of esters is 2. The van der Waals surface area contributed by atoms with E-state index < -0.39 is 54.2 Å². The van der Waals surface area contributed by atoms with Crippen molar-refractivity contribution in [2.45, 2.75) is 163 Å². The molecule has 13 nitrogen and oxygen atoms in total. The van der Waals surface area contributed by atoms with Crippen LogP contribution in [0.25, 0.3) is 12.2 Å². The van der Waals surface area contributed by atoms with Gasteiger partial charge in [-0.25, -0.2) is 0 Å². The predicted molar refractivity (Wildman–Crippen MR) is 275 cm³/mol. The van der Waals surface area contributed by atoms with Gasteiger partial charge in [0.2, 0.25) is 0 Å². The number of hydrogen-bond acceptors (Lipinski definition) is 11. The lowest BCUT2D eigenvalue weighted by atomic mass is 9.83. The highest BCUT2D eigenvalue weighted by atomic mass is 16.6. The first-order chi connectivity index (χ1) is 33.6. The molecule has 13 heteroatoms. The molecule has 0 fully saturated rings. The van der Waals surface area contributed by atoms with E-state index >= 15 is 0 Å². The van der Waals surface area contributed by atoms with Crippen LogP contribution in [0.15, 0.2) is 48.6 Å². The smallest absolute Gasteiger partial charge is 0.311 e. The largest absolute Gasteiger partial charge is 0.496 e. The third-order valence-corrected chi connectivity index (χ3v) is 13.6. The Morgan fingerprint density at radius 3 is 1.80 bits per heavy atom. The number of ketones is 2. The van der Waals surface area contributed by atoms with E-state index in [4.69, 9.17) is 28.8 Å². The summed E-state index contributed by atoms with van der Waals surface area (Å²) in [5.41, 5.74) is 4.62. The zero-order valence-electron chi connectivity index (χ0n) is 43.6. The fourth-order valence-electron chi connectivity index (χ4n) is 9.12. The number of methoxy groups -OCH3 is 2. The standard InChI is InChI=1S/C58H76O13/c1-36(2)14-11-15-37(3)16-12-17-38(4)18-13-30-58(8)31-29-46-41(7)55(39(5)40(6)56(46)71-58)70-54(64)28-27-53(63)69-49-26-22-43(33-51(49)68-10)20-24-45(60)34-44(59)23-19-42-21-25-47(50(32-42)67-9)48(57(65)66)35-52(61)62/h19-26,32-33,36-38,48H,11-18,27-31,34-35H2,1-10H3,(H,61,62)(H,65,66)/t37-,38-,48?,58-/m1/s1. The van der Waals surface area contributed by atoms with Crippen LogP contribution >= 0.6 is 0 Å². The van der Waals surface area contributed by atoms with E-state index in [-0.39, 0.29) is 41.3 Å². The molecule has 1 aliphatic heterocycles. The maximum absolute atomic E-state index is 13.2. The molecule has 71 heavy (non-hydrogen) atoms. The molecule has 1 aliphatic rings. The van der Waals surface area contributed by atoms with Crippen molar-refractivity contribution in [3.63, 3.8) is 0 Å². The van der Waals surface area contributed by atoms with Crippen molar-refractivity contribution in [1.82, 2.24) is 0 Å². The Morgan fingerprint density at radius 1 is 0.690 bits per heavy atom. The quantitative estimate of drug-likeness (QED) is 0.0289. The summed E-state index contributed by atoms with van der Waals surface area (Å²) in [5.74, 6) is -1.98. The summed E-state index contributed by atoms with van der Waals surface area (Å²) in [7, 11) is 2.72. The maximum atomic E-state index is 13.2. The van der Waals surface area contributed by atoms with Crippen LogP contribution in [0.2, 0.25) is 0 Å². The third-order valence-electron chi connectivity index (χ3n) is 13.6. The van der Waals surface area contributed by atoms with E-state index in [1.807, 2.05) is 20.8 Å². The van der Waals surface area contributed by atoms with E-state index in [1.165, 1.54) is 108 Å². The van der Waals surface area contributed by atoms with Crippen LogP contribution in [-0.4, -0.2) is 65.5 Å². The lowest BCUT2D eigenvalue weighted by molar-refractivity contribution is -0.145. The Bertz CT molecular complexity index is 2430. The minimum atomic E-state index is -1.33. The molecule has 2 N–H and O–H groups in total. The fourth-order valence-corrected chi connectivity index (χ4v) is 9.12. The van der Waals surface area contributed by atoms with Gasteiger partial charge in [-0.1, -0.05) is 103 Å². The first-order valence-corrected chi connectivity index (χ1v) is 25.1. The molecule has 386 valence electrons. The Balaban J connectivity index is 1.25. The van der Waals surface area contributed by atoms with Gasteiger partial charge in [-0.3, -0.25) is 28.8 Å². The fraction of sp³-hybridized carbons (Fsp3) is 0.517. The topological polar surface area (TPSA) is 189 Å². The number of carbonyl (C=O) groups is 6. The van der Waals surface area contributed by atoms with Gasteiger partial charge in [0.05, 0.1) is 45.8 Å². The van der Waals surface area contributed by atoms with Crippen LogP contribution in [0.4, 0.5) is 0 Å². The Labute approximate surface area is 420 Å². The van der Waals surface area contributed by atoms with Gasteiger partial charge in [-0.05, 0) is 129 Å². The lowest BCUT2D eigenvalue weighted by Gasteiger charge is -2.38. The van der Waals surface area contributed by atoms with E-state index in [1.54, 1.807) is 12.1 Å². The predicted octanol–water partition coefficient (Wildman–Crippen LogP) is 12.3. The van der Waals surface area contributed by atoms with Gasteiger partial charge in [-0.15, -0.1) is 0 Å². The molecule has 3 aromatic carbocycles. The summed E-state index contributed by atoms with van der Waals surface area (Å²) in [4.78, 5) is 74.3. The number of carboxylic acids is 2. The van der Waals surface area contributed by atoms with Gasteiger partial charge in [0, 0.05) is 11.1 Å². The number of hydrogen-bond donors (Lipinski definition) is 2. The lowest BCUT2D eigenvalue weighted by Crippen LogP contribution is -2.37. The first-order valence-electron chi connectivity index (χ1n) is 25.1. The molecule has 0 saturated heterocycles. The van der Waals surface area contributed by atoms with Crippen molar-refractivity contribution < 1.29 is 62.7 Å². The highest BCUT2D eigenvalue weighted by Gasteiger charge is 2.35. The van der Waals surface area contributed by atoms with E-state index in [2.05, 4.69) is 34.6 Å². The molecule has 4 atom stereocenters. The summed E-state index contributed by atoms with van der Waals surface area (Å²) in [6, 6.07) is 9.08. The zero-order chi connectivity index (χ0) is 52.4. The normalized spacial score (nSPS) is 15.7. The number of ether oxygens (including phenoxy) is 5. The summed E-state index contributed by atoms with van der Waals surface area (Å²) in [6.07, 6.45) is 16.7. The number of carboxylic acid groups (broad SMARTS) is 2. The molecule has 1 heterocycles. The van der Waals surface area contributed by atoms with Crippen LogP contribution in [0.3, 0.4) is 0 Å². The molecule has 0 spiro atoms. The molecule has 0 aliphatic carbocycles. The minimum Gasteiger partial charge on any atom is -0.496 e. The van der Waals surface area contributed by atoms with E-state index in [9.17, 15) is 33.9 Å². The van der Waals surface area contributed by atoms with Crippen molar-refractivity contribution in [3.05, 3.63) is 87.5 Å². The highest BCUT2D eigenvalue weighted by molar-refractivity contribution is 6.11. The van der Waals surface area contributed by atoms with E-state index in [0.29, 0.717) is 22.8 Å². The minimum absolute atomic E-state index is 0.117. The summed E-state index contributed by atoms with van der Waals surface area (Å²) < 4.78 is 29.0. The molecule has 0 amide bonds. The van der Waals surface area contributed by atoms with Gasteiger partial charge in [0.15, 0.2) is 23.1 Å². The monoisotopic (exact) mass is 981 g/mol. The average Bonchev–Trinajstić information content (AvgIpc) is 3.31. The Morgan fingerprint density at radius 2 is 1.24 bits per heavy atom. The van der Waals surface area contributed by atoms with Crippen molar-refractivity contribution in [1.29, 1.82) is 0 Å². The Hall–Kier alpha value is -6.24. The second-order valence-corrected chi connectivity index (χ2v) is 20.0. The van der Waals surface area contributed by atoms with E-state index in [0.717, 1.165) is 65.5 Å². The first kappa shape index (κ1) is 57.3. The van der Waals surface area contributed by atoms with Crippen LogP contribution < -0.4 is 23.7 Å². The average molecular weight is 981 g/mol. The number of carbonyl (C=O) groups excluding carboxylic acids is 4. The SMILES string of the molecule is COc1cc(C=CC(=O)CC(=O)C=Cc2ccc(C(CC(=O)O)C(=O)O)c(OC)c2)ccc1OC(=O)CCC(=O)Oc1c(C)c(C)c2c(c1C)CC[C@@](C)(CCC[C@H](C)CCC[C@H](C)CCCC(C)C)O2. The van der Waals surface area contributed by atoms with Crippen LogP contribution in [0.5, 0.6) is 28.7 Å². The molecule has 4 rings (SSSR count). The van der Waals surface area contributed by atoms with Gasteiger partial charge in [0.1, 0.15) is 22.8 Å². The second-order valence-electron chi connectivity index (χ2n) is 20.0. The van der Waals surface area contributed by atoms with Gasteiger partial charge >= 0.3 is 23.9 Å². The number of rotatable bonds is 29. The molecular weight excluding hydrogens is 905 g/mol. The molecule has 0 saturated carbocycles. The number of allylic oxidation sites excluding steroid dienone is 2. The van der Waals surface area contributed by atoms with Crippen molar-refractivity contribution in [2.24, 2.45) is 17.8 Å².